The average molecular weight is 400 g/mol. The molecular formula is C22H24O7. The zero-order chi connectivity index (χ0) is 20.4. The Hall–Kier alpha value is -2.57. The van der Waals surface area contributed by atoms with Gasteiger partial charge in [-0.2, -0.15) is 0 Å². The van der Waals surface area contributed by atoms with Crippen molar-refractivity contribution in [2.24, 2.45) is 22.7 Å². The minimum absolute atomic E-state index is 0.0631. The van der Waals surface area contributed by atoms with E-state index in [2.05, 4.69) is 0 Å². The summed E-state index contributed by atoms with van der Waals surface area (Å²) in [6, 6.07) is 1.78. The Labute approximate surface area is 168 Å². The number of cyclic esters (lactones) is 2. The number of rotatable bonds is 2. The van der Waals surface area contributed by atoms with Crippen LogP contribution < -0.4 is 0 Å². The van der Waals surface area contributed by atoms with Gasteiger partial charge in [0.1, 0.15) is 6.10 Å². The standard InChI is InChI=1S/C22H24O7/c1-13(23)29-22-8-7-21-12-27-18(24)15(21)4-3-5-17(21)20(22,2)10-16(28-19(22)25)14-6-9-26-11-14/h3-4,6,9,11,15-17H,5,7-8,10,12H2,1-2H3/t15-,16+,17+,20+,21+,22-/m0/s1. The second kappa shape index (κ2) is 5.97. The van der Waals surface area contributed by atoms with Crippen molar-refractivity contribution in [2.45, 2.75) is 51.2 Å². The summed E-state index contributed by atoms with van der Waals surface area (Å²) in [7, 11) is 0. The molecule has 6 atom stereocenters. The Balaban J connectivity index is 1.64. The number of esters is 3. The van der Waals surface area contributed by atoms with E-state index in [1.807, 2.05) is 19.1 Å². The van der Waals surface area contributed by atoms with Gasteiger partial charge >= 0.3 is 17.9 Å². The van der Waals surface area contributed by atoms with E-state index in [0.717, 1.165) is 5.56 Å². The number of hydrogen-bond acceptors (Lipinski definition) is 7. The van der Waals surface area contributed by atoms with Gasteiger partial charge in [0.05, 0.1) is 25.1 Å². The van der Waals surface area contributed by atoms with Gasteiger partial charge in [-0.15, -0.1) is 0 Å². The van der Waals surface area contributed by atoms with Crippen LogP contribution in [0.25, 0.3) is 0 Å². The zero-order valence-electron chi connectivity index (χ0n) is 16.5. The fourth-order valence-corrected chi connectivity index (χ4v) is 6.46. The summed E-state index contributed by atoms with van der Waals surface area (Å²) >= 11 is 0. The van der Waals surface area contributed by atoms with Crippen LogP contribution in [0.15, 0.2) is 35.2 Å². The molecule has 2 aliphatic heterocycles. The largest absolute Gasteiger partial charge is 0.472 e. The van der Waals surface area contributed by atoms with E-state index in [1.54, 1.807) is 18.6 Å². The van der Waals surface area contributed by atoms with Crippen molar-refractivity contribution in [1.82, 2.24) is 0 Å². The van der Waals surface area contributed by atoms with Crippen molar-refractivity contribution in [2.75, 3.05) is 6.61 Å². The molecule has 2 aliphatic carbocycles. The molecule has 0 unspecified atom stereocenters. The summed E-state index contributed by atoms with van der Waals surface area (Å²) in [5.74, 6) is -1.61. The molecule has 2 saturated heterocycles. The molecule has 4 aliphatic rings. The van der Waals surface area contributed by atoms with Crippen LogP contribution in [0.4, 0.5) is 0 Å². The van der Waals surface area contributed by atoms with Crippen LogP contribution in [0.3, 0.4) is 0 Å². The highest BCUT2D eigenvalue weighted by Gasteiger charge is 2.74. The topological polar surface area (TPSA) is 92.0 Å². The monoisotopic (exact) mass is 400 g/mol. The van der Waals surface area contributed by atoms with E-state index in [9.17, 15) is 14.4 Å². The molecule has 3 fully saturated rings. The van der Waals surface area contributed by atoms with Crippen LogP contribution in [0.5, 0.6) is 0 Å². The molecule has 29 heavy (non-hydrogen) atoms. The molecule has 0 radical (unpaired) electrons. The van der Waals surface area contributed by atoms with Gasteiger partial charge in [-0.1, -0.05) is 19.1 Å². The first-order valence-corrected chi connectivity index (χ1v) is 10.1. The van der Waals surface area contributed by atoms with Crippen LogP contribution >= 0.6 is 0 Å². The third kappa shape index (κ3) is 2.27. The Kier molecular flexibility index (Phi) is 3.80. The Morgan fingerprint density at radius 3 is 2.83 bits per heavy atom. The molecule has 0 amide bonds. The van der Waals surface area contributed by atoms with E-state index in [0.29, 0.717) is 32.3 Å². The van der Waals surface area contributed by atoms with Crippen molar-refractivity contribution in [3.05, 3.63) is 36.3 Å². The minimum Gasteiger partial charge on any atom is -0.472 e. The van der Waals surface area contributed by atoms with Crippen molar-refractivity contribution in [3.63, 3.8) is 0 Å². The maximum Gasteiger partial charge on any atom is 0.351 e. The number of fused-ring (bicyclic) bond motifs is 2. The number of carbonyl (C=O) groups excluding carboxylic acids is 3. The lowest BCUT2D eigenvalue weighted by Crippen LogP contribution is -2.69. The van der Waals surface area contributed by atoms with Crippen LogP contribution in [0, 0.1) is 22.7 Å². The van der Waals surface area contributed by atoms with Gasteiger partial charge in [0, 0.05) is 23.3 Å². The number of furan rings is 1. The predicted molar refractivity (Wildman–Crippen MR) is 98.1 cm³/mol. The molecule has 0 aromatic carbocycles. The van der Waals surface area contributed by atoms with Gasteiger partial charge in [-0.3, -0.25) is 9.59 Å². The highest BCUT2D eigenvalue weighted by atomic mass is 16.6. The second-order valence-electron chi connectivity index (χ2n) is 9.03. The Morgan fingerprint density at radius 1 is 1.28 bits per heavy atom. The first-order valence-electron chi connectivity index (χ1n) is 10.1. The van der Waals surface area contributed by atoms with E-state index in [4.69, 9.17) is 18.6 Å². The lowest BCUT2D eigenvalue weighted by atomic mass is 9.43. The van der Waals surface area contributed by atoms with Gasteiger partial charge in [-0.25, -0.2) is 4.79 Å². The highest BCUT2D eigenvalue weighted by Crippen LogP contribution is 2.68. The van der Waals surface area contributed by atoms with Gasteiger partial charge in [0.15, 0.2) is 0 Å². The van der Waals surface area contributed by atoms with Crippen molar-refractivity contribution in [1.29, 1.82) is 0 Å². The maximum atomic E-state index is 13.4. The molecule has 1 aromatic heterocycles. The second-order valence-corrected chi connectivity index (χ2v) is 9.03. The van der Waals surface area contributed by atoms with Crippen molar-refractivity contribution >= 4 is 17.9 Å². The van der Waals surface area contributed by atoms with Crippen LogP contribution in [0.1, 0.15) is 51.2 Å². The number of hydrogen-bond donors (Lipinski definition) is 0. The third-order valence-corrected chi connectivity index (χ3v) is 7.81. The molecular weight excluding hydrogens is 376 g/mol. The average Bonchev–Trinajstić information content (AvgIpc) is 3.32. The molecule has 154 valence electrons. The van der Waals surface area contributed by atoms with E-state index >= 15 is 0 Å². The molecule has 0 bridgehead atoms. The molecule has 1 saturated carbocycles. The van der Waals surface area contributed by atoms with E-state index < -0.39 is 29.1 Å². The van der Waals surface area contributed by atoms with E-state index in [1.165, 1.54) is 6.92 Å². The lowest BCUT2D eigenvalue weighted by molar-refractivity contribution is -0.256. The summed E-state index contributed by atoms with van der Waals surface area (Å²) in [5.41, 5.74) is -1.69. The lowest BCUT2D eigenvalue weighted by Gasteiger charge is -2.62. The maximum absolute atomic E-state index is 13.4. The van der Waals surface area contributed by atoms with Crippen molar-refractivity contribution < 1.29 is 33.0 Å². The molecule has 3 heterocycles. The van der Waals surface area contributed by atoms with Crippen LogP contribution in [-0.4, -0.2) is 30.1 Å². The Morgan fingerprint density at radius 2 is 2.10 bits per heavy atom. The highest BCUT2D eigenvalue weighted by molar-refractivity contribution is 5.86. The number of allylic oxidation sites excluding steroid dienone is 1. The zero-order valence-corrected chi connectivity index (χ0v) is 16.5. The quantitative estimate of drug-likeness (QED) is 0.428. The molecule has 1 aromatic rings. The Bertz CT molecular complexity index is 902. The normalized spacial score (nSPS) is 42.9. The molecule has 5 rings (SSSR count). The van der Waals surface area contributed by atoms with Gasteiger partial charge in [-0.05, 0) is 37.7 Å². The summed E-state index contributed by atoms with van der Waals surface area (Å²) < 4.78 is 22.3. The molecule has 7 nitrogen and oxygen atoms in total. The van der Waals surface area contributed by atoms with E-state index in [-0.39, 0.29) is 23.2 Å². The summed E-state index contributed by atoms with van der Waals surface area (Å²) in [4.78, 5) is 37.9. The SMILES string of the molecule is CC(=O)O[C@]12CC[C@@]34COC(=O)[C@@H]3C=CC[C@@H]4[C@@]1(C)C[C@H](c1ccoc1)OC2=O. The summed E-state index contributed by atoms with van der Waals surface area (Å²) in [6.07, 6.45) is 8.63. The molecule has 1 spiro atoms. The first kappa shape index (κ1) is 18.5. The minimum atomic E-state index is -1.36. The van der Waals surface area contributed by atoms with Gasteiger partial charge in [0.2, 0.25) is 5.60 Å². The first-order chi connectivity index (χ1) is 13.8. The summed E-state index contributed by atoms with van der Waals surface area (Å²) in [6.45, 7) is 3.66. The van der Waals surface area contributed by atoms with Gasteiger partial charge < -0.3 is 18.6 Å². The number of carbonyl (C=O) groups is 3. The van der Waals surface area contributed by atoms with Crippen LogP contribution in [-0.2, 0) is 28.6 Å². The van der Waals surface area contributed by atoms with Gasteiger partial charge in [0.25, 0.3) is 0 Å². The molecule has 7 heteroatoms. The van der Waals surface area contributed by atoms with Crippen molar-refractivity contribution in [3.8, 4) is 0 Å². The fourth-order valence-electron chi connectivity index (χ4n) is 6.46. The molecule has 0 N–H and O–H groups in total. The van der Waals surface area contributed by atoms with Crippen LogP contribution in [0.2, 0.25) is 0 Å². The predicted octanol–water partition coefficient (Wildman–Crippen LogP) is 3.11. The smallest absolute Gasteiger partial charge is 0.351 e. The fraction of sp³-hybridized carbons (Fsp3) is 0.591. The third-order valence-electron chi connectivity index (χ3n) is 7.81. The number of ether oxygens (including phenoxy) is 3. The summed E-state index contributed by atoms with van der Waals surface area (Å²) in [5, 5.41) is 0.